The first-order valence-corrected chi connectivity index (χ1v) is 5.43. The summed E-state index contributed by atoms with van der Waals surface area (Å²) >= 11 is 0. The van der Waals surface area contributed by atoms with Crippen molar-refractivity contribution in [2.75, 3.05) is 0 Å². The Labute approximate surface area is 90.3 Å². The van der Waals surface area contributed by atoms with Crippen LogP contribution in [0.1, 0.15) is 51.8 Å². The van der Waals surface area contributed by atoms with Gasteiger partial charge in [0.25, 0.3) is 0 Å². The summed E-state index contributed by atoms with van der Waals surface area (Å²) in [6, 6.07) is 0. The van der Waals surface area contributed by atoms with Gasteiger partial charge in [-0.15, -0.1) is 0 Å². The first kappa shape index (κ1) is 10.4. The second-order valence-corrected chi connectivity index (χ2v) is 5.55. The maximum atomic E-state index is 11.7. The van der Waals surface area contributed by atoms with Gasteiger partial charge in [0.05, 0.1) is 11.6 Å². The van der Waals surface area contributed by atoms with Crippen molar-refractivity contribution in [1.29, 1.82) is 0 Å². The lowest BCUT2D eigenvalue weighted by molar-refractivity contribution is -0.119. The van der Waals surface area contributed by atoms with Gasteiger partial charge in [-0.2, -0.15) is 5.10 Å². The van der Waals surface area contributed by atoms with Gasteiger partial charge in [0, 0.05) is 16.7 Å². The summed E-state index contributed by atoms with van der Waals surface area (Å²) < 4.78 is 0. The van der Waals surface area contributed by atoms with E-state index in [1.807, 2.05) is 6.20 Å². The van der Waals surface area contributed by atoms with Gasteiger partial charge in [-0.05, 0) is 19.8 Å². The molecule has 0 bridgehead atoms. The van der Waals surface area contributed by atoms with Gasteiger partial charge in [-0.25, -0.2) is 0 Å². The zero-order chi connectivity index (χ0) is 11.3. The smallest absolute Gasteiger partial charge is 0.140 e. The second-order valence-electron chi connectivity index (χ2n) is 5.55. The Morgan fingerprint density at radius 1 is 1.47 bits per heavy atom. The van der Waals surface area contributed by atoms with Crippen LogP contribution in [0.15, 0.2) is 6.20 Å². The molecule has 82 valence electrons. The number of nitrogens with zero attached hydrogens (tertiary/aromatic N) is 1. The Kier molecular flexibility index (Phi) is 2.04. The van der Waals surface area contributed by atoms with Crippen LogP contribution < -0.4 is 0 Å². The molecule has 3 nitrogen and oxygen atoms in total. The number of carbonyl (C=O) groups excluding carboxylic acids is 1. The van der Waals surface area contributed by atoms with Crippen LogP contribution in [0, 0.1) is 0 Å². The number of ketones is 1. The predicted molar refractivity (Wildman–Crippen MR) is 58.9 cm³/mol. The minimum absolute atomic E-state index is 0.0247. The number of aromatic nitrogens is 2. The van der Waals surface area contributed by atoms with Crippen molar-refractivity contribution in [1.82, 2.24) is 10.2 Å². The number of rotatable bonds is 2. The van der Waals surface area contributed by atoms with Crippen molar-refractivity contribution in [2.45, 2.75) is 51.4 Å². The van der Waals surface area contributed by atoms with E-state index in [9.17, 15) is 4.79 Å². The molecule has 1 aliphatic carbocycles. The van der Waals surface area contributed by atoms with Crippen LogP contribution in [-0.4, -0.2) is 16.0 Å². The molecule has 0 unspecified atom stereocenters. The Bertz CT molecular complexity index is 394. The molecule has 1 fully saturated rings. The van der Waals surface area contributed by atoms with Crippen LogP contribution in [0.5, 0.6) is 0 Å². The minimum atomic E-state index is -0.213. The molecular weight excluding hydrogens is 188 g/mol. The van der Waals surface area contributed by atoms with Crippen LogP contribution in [0.4, 0.5) is 0 Å². The molecule has 1 saturated carbocycles. The highest BCUT2D eigenvalue weighted by Gasteiger charge is 2.51. The zero-order valence-electron chi connectivity index (χ0n) is 9.85. The molecule has 1 N–H and O–H groups in total. The monoisotopic (exact) mass is 206 g/mol. The van der Waals surface area contributed by atoms with Crippen LogP contribution in [0.2, 0.25) is 0 Å². The summed E-state index contributed by atoms with van der Waals surface area (Å²) in [6.45, 7) is 8.10. The zero-order valence-corrected chi connectivity index (χ0v) is 9.85. The van der Waals surface area contributed by atoms with Crippen molar-refractivity contribution in [3.05, 3.63) is 17.5 Å². The third-order valence-electron chi connectivity index (χ3n) is 3.33. The number of hydrogen-bond donors (Lipinski definition) is 1. The van der Waals surface area contributed by atoms with Crippen molar-refractivity contribution in [2.24, 2.45) is 0 Å². The normalized spacial score (nSPS) is 18.9. The molecule has 2 rings (SSSR count). The standard InChI is InChI=1S/C12H18N2O/c1-8(15)12(5-6-12)9-7-13-14-10(9)11(2,3)4/h7H,5-6H2,1-4H3,(H,13,14). The molecule has 1 heterocycles. The molecule has 0 amide bonds. The largest absolute Gasteiger partial charge is 0.299 e. The molecule has 0 spiro atoms. The third-order valence-corrected chi connectivity index (χ3v) is 3.33. The van der Waals surface area contributed by atoms with Gasteiger partial charge in [-0.1, -0.05) is 20.8 Å². The van der Waals surface area contributed by atoms with E-state index in [4.69, 9.17) is 0 Å². The van der Waals surface area contributed by atoms with E-state index in [1.165, 1.54) is 0 Å². The molecule has 3 heteroatoms. The maximum Gasteiger partial charge on any atom is 0.140 e. The quantitative estimate of drug-likeness (QED) is 0.807. The molecule has 1 aromatic rings. The summed E-state index contributed by atoms with van der Waals surface area (Å²) in [7, 11) is 0. The lowest BCUT2D eigenvalue weighted by Crippen LogP contribution is -2.23. The van der Waals surface area contributed by atoms with Crippen molar-refractivity contribution in [3.8, 4) is 0 Å². The predicted octanol–water partition coefficient (Wildman–Crippen LogP) is 2.33. The number of hydrogen-bond acceptors (Lipinski definition) is 2. The van der Waals surface area contributed by atoms with Crippen molar-refractivity contribution in [3.63, 3.8) is 0 Å². The number of Topliss-reactive ketones (excluding diaryl/α,β-unsaturated/α-hetero) is 1. The Hall–Kier alpha value is -1.12. The first-order chi connectivity index (χ1) is 6.88. The van der Waals surface area contributed by atoms with Gasteiger partial charge in [0.15, 0.2) is 0 Å². The van der Waals surface area contributed by atoms with Gasteiger partial charge in [0.2, 0.25) is 0 Å². The lowest BCUT2D eigenvalue weighted by atomic mass is 9.82. The average Bonchev–Trinajstić information content (AvgIpc) is 2.75. The lowest BCUT2D eigenvalue weighted by Gasteiger charge is -2.21. The maximum absolute atomic E-state index is 11.7. The van der Waals surface area contributed by atoms with Crippen LogP contribution in [-0.2, 0) is 15.6 Å². The molecule has 0 saturated heterocycles. The minimum Gasteiger partial charge on any atom is -0.299 e. The summed E-state index contributed by atoms with van der Waals surface area (Å²) in [5, 5.41) is 7.14. The fourth-order valence-electron chi connectivity index (χ4n) is 2.16. The van der Waals surface area contributed by atoms with Crippen LogP contribution >= 0.6 is 0 Å². The van der Waals surface area contributed by atoms with Gasteiger partial charge < -0.3 is 0 Å². The van der Waals surface area contributed by atoms with Crippen LogP contribution in [0.25, 0.3) is 0 Å². The molecule has 0 atom stereocenters. The Morgan fingerprint density at radius 3 is 2.47 bits per heavy atom. The van der Waals surface area contributed by atoms with E-state index in [-0.39, 0.29) is 16.6 Å². The van der Waals surface area contributed by atoms with Crippen molar-refractivity contribution < 1.29 is 4.79 Å². The fraction of sp³-hybridized carbons (Fsp3) is 0.667. The Balaban J connectivity index is 2.47. The SMILES string of the molecule is CC(=O)C1(c2cn[nH]c2C(C)(C)C)CC1. The first-order valence-electron chi connectivity index (χ1n) is 5.43. The molecule has 15 heavy (non-hydrogen) atoms. The number of nitrogens with one attached hydrogen (secondary N) is 1. The molecule has 1 aliphatic rings. The summed E-state index contributed by atoms with van der Waals surface area (Å²) in [6.07, 6.45) is 3.78. The van der Waals surface area contributed by atoms with E-state index in [2.05, 4.69) is 31.0 Å². The molecule has 1 aromatic heterocycles. The summed E-state index contributed by atoms with van der Waals surface area (Å²) in [5.74, 6) is 0.273. The van der Waals surface area contributed by atoms with Gasteiger partial charge >= 0.3 is 0 Å². The van der Waals surface area contributed by atoms with Crippen molar-refractivity contribution >= 4 is 5.78 Å². The highest BCUT2D eigenvalue weighted by atomic mass is 16.1. The third kappa shape index (κ3) is 1.50. The van der Waals surface area contributed by atoms with Gasteiger partial charge in [-0.3, -0.25) is 9.89 Å². The highest BCUT2D eigenvalue weighted by molar-refractivity contribution is 5.91. The number of H-pyrrole nitrogens is 1. The van der Waals surface area contributed by atoms with E-state index in [0.717, 1.165) is 24.1 Å². The topological polar surface area (TPSA) is 45.8 Å². The molecule has 0 aliphatic heterocycles. The van der Waals surface area contributed by atoms with E-state index < -0.39 is 0 Å². The second kappa shape index (κ2) is 2.94. The highest BCUT2D eigenvalue weighted by Crippen LogP contribution is 2.51. The van der Waals surface area contributed by atoms with E-state index >= 15 is 0 Å². The average molecular weight is 206 g/mol. The fourth-order valence-corrected chi connectivity index (χ4v) is 2.16. The van der Waals surface area contributed by atoms with Crippen LogP contribution in [0.3, 0.4) is 0 Å². The van der Waals surface area contributed by atoms with E-state index in [0.29, 0.717) is 0 Å². The molecular formula is C12H18N2O. The summed E-state index contributed by atoms with van der Waals surface area (Å²) in [5.41, 5.74) is 2.03. The number of aromatic amines is 1. The van der Waals surface area contributed by atoms with E-state index in [1.54, 1.807) is 6.92 Å². The van der Waals surface area contributed by atoms with Gasteiger partial charge in [0.1, 0.15) is 5.78 Å². The number of carbonyl (C=O) groups is 1. The Morgan fingerprint density at radius 2 is 2.07 bits per heavy atom. The summed E-state index contributed by atoms with van der Waals surface area (Å²) in [4.78, 5) is 11.7. The molecule has 0 radical (unpaired) electrons. The molecule has 0 aromatic carbocycles.